The smallest absolute Gasteiger partial charge is 0.221 e. The zero-order chi connectivity index (χ0) is 16.5. The van der Waals surface area contributed by atoms with E-state index in [4.69, 9.17) is 10.5 Å². The van der Waals surface area contributed by atoms with E-state index in [0.29, 0.717) is 13.0 Å². The summed E-state index contributed by atoms with van der Waals surface area (Å²) in [5, 5.41) is 3.00. The zero-order valence-corrected chi connectivity index (χ0v) is 16.6. The molecule has 0 saturated heterocycles. The predicted molar refractivity (Wildman–Crippen MR) is 104 cm³/mol. The molecule has 0 bridgehead atoms. The molecule has 0 aliphatic rings. The van der Waals surface area contributed by atoms with Crippen molar-refractivity contribution in [3.8, 4) is 5.75 Å². The minimum absolute atomic E-state index is 0. The van der Waals surface area contributed by atoms with Crippen LogP contribution in [0.4, 0.5) is 0 Å². The van der Waals surface area contributed by atoms with Gasteiger partial charge in [-0.3, -0.25) is 9.69 Å². The van der Waals surface area contributed by atoms with Crippen LogP contribution < -0.4 is 15.8 Å². The van der Waals surface area contributed by atoms with E-state index in [-0.39, 0.29) is 42.8 Å². The Morgan fingerprint density at radius 1 is 1.29 bits per heavy atom. The molecule has 3 N–H and O–H groups in total. The maximum atomic E-state index is 11.9. The quantitative estimate of drug-likeness (QED) is 0.691. The van der Waals surface area contributed by atoms with Crippen LogP contribution in [0.3, 0.4) is 0 Å². The summed E-state index contributed by atoms with van der Waals surface area (Å²) in [5.41, 5.74) is 6.82. The van der Waals surface area contributed by atoms with Gasteiger partial charge in [0.15, 0.2) is 0 Å². The molecule has 0 aliphatic heterocycles. The van der Waals surface area contributed by atoms with Gasteiger partial charge in [0.2, 0.25) is 5.91 Å². The molecule has 1 rings (SSSR count). The number of rotatable bonds is 9. The minimum Gasteiger partial charge on any atom is -0.497 e. The van der Waals surface area contributed by atoms with Crippen molar-refractivity contribution in [2.24, 2.45) is 5.73 Å². The maximum Gasteiger partial charge on any atom is 0.221 e. The second kappa shape index (κ2) is 13.3. The molecule has 140 valence electrons. The second-order valence-corrected chi connectivity index (χ2v) is 5.50. The van der Waals surface area contributed by atoms with E-state index in [1.807, 2.05) is 25.1 Å². The minimum atomic E-state index is -0.122. The Bertz CT molecular complexity index is 469. The lowest BCUT2D eigenvalue weighted by Gasteiger charge is -2.30. The molecule has 1 aromatic carbocycles. The van der Waals surface area contributed by atoms with Crippen LogP contribution in [0.2, 0.25) is 0 Å². The summed E-state index contributed by atoms with van der Waals surface area (Å²) < 4.78 is 5.31. The second-order valence-electron chi connectivity index (χ2n) is 5.50. The van der Waals surface area contributed by atoms with Crippen LogP contribution in [-0.4, -0.2) is 43.6 Å². The Hall–Kier alpha value is -1.01. The van der Waals surface area contributed by atoms with Gasteiger partial charge in [0.1, 0.15) is 5.75 Å². The summed E-state index contributed by atoms with van der Waals surface area (Å²) in [5.74, 6) is 0.826. The topological polar surface area (TPSA) is 67.6 Å². The van der Waals surface area contributed by atoms with Crippen LogP contribution in [0, 0.1) is 0 Å². The van der Waals surface area contributed by atoms with Crippen LogP contribution >= 0.6 is 24.8 Å². The molecule has 0 aliphatic carbocycles. The third kappa shape index (κ3) is 8.20. The fraction of sp³-hybridized carbons (Fsp3) is 0.588. The number of carbonyl (C=O) groups excluding carboxylic acids is 1. The lowest BCUT2D eigenvalue weighted by molar-refractivity contribution is -0.121. The number of nitrogens with two attached hydrogens (primary N) is 1. The Morgan fingerprint density at radius 2 is 1.92 bits per heavy atom. The Labute approximate surface area is 158 Å². The molecule has 24 heavy (non-hydrogen) atoms. The summed E-state index contributed by atoms with van der Waals surface area (Å²) in [6, 6.07) is 8.02. The molecule has 0 heterocycles. The van der Waals surface area contributed by atoms with Crippen molar-refractivity contribution in [3.63, 3.8) is 0 Å². The fourth-order valence-electron chi connectivity index (χ4n) is 2.55. The molecule has 2 atom stereocenters. The fourth-order valence-corrected chi connectivity index (χ4v) is 2.55. The number of hydrogen-bond donors (Lipinski definition) is 2. The average Bonchev–Trinajstić information content (AvgIpc) is 2.50. The molecular weight excluding hydrogens is 349 g/mol. The number of nitrogens with one attached hydrogen (secondary N) is 1. The van der Waals surface area contributed by atoms with Gasteiger partial charge in [0.05, 0.1) is 13.2 Å². The van der Waals surface area contributed by atoms with E-state index in [9.17, 15) is 4.79 Å². The van der Waals surface area contributed by atoms with Gasteiger partial charge in [-0.1, -0.05) is 26.0 Å². The molecule has 2 unspecified atom stereocenters. The third-order valence-electron chi connectivity index (χ3n) is 3.73. The summed E-state index contributed by atoms with van der Waals surface area (Å²) in [4.78, 5) is 14.2. The number of methoxy groups -OCH3 is 1. The molecule has 0 fully saturated rings. The molecule has 0 radical (unpaired) electrons. The van der Waals surface area contributed by atoms with Crippen LogP contribution in [0.1, 0.15) is 38.8 Å². The molecule has 1 amide bonds. The van der Waals surface area contributed by atoms with Crippen LogP contribution in [0.5, 0.6) is 5.75 Å². The van der Waals surface area contributed by atoms with Crippen LogP contribution in [0.15, 0.2) is 24.3 Å². The molecule has 0 saturated carbocycles. The summed E-state index contributed by atoms with van der Waals surface area (Å²) in [6.45, 7) is 8.49. The highest BCUT2D eigenvalue weighted by Crippen LogP contribution is 2.23. The van der Waals surface area contributed by atoms with Gasteiger partial charge in [-0.25, -0.2) is 0 Å². The number of hydrogen-bond acceptors (Lipinski definition) is 4. The monoisotopic (exact) mass is 379 g/mol. The van der Waals surface area contributed by atoms with Crippen molar-refractivity contribution >= 4 is 30.7 Å². The first kappa shape index (κ1) is 25.2. The number of halogens is 2. The first-order chi connectivity index (χ1) is 10.5. The Kier molecular flexibility index (Phi) is 14.0. The highest BCUT2D eigenvalue weighted by molar-refractivity contribution is 5.85. The van der Waals surface area contributed by atoms with E-state index in [1.165, 1.54) is 0 Å². The molecule has 0 aromatic heterocycles. The average molecular weight is 380 g/mol. The van der Waals surface area contributed by atoms with Crippen molar-refractivity contribution in [3.05, 3.63) is 29.8 Å². The van der Waals surface area contributed by atoms with Gasteiger partial charge in [-0.05, 0) is 37.7 Å². The largest absolute Gasteiger partial charge is 0.497 e. The van der Waals surface area contributed by atoms with Gasteiger partial charge in [0.25, 0.3) is 0 Å². The first-order valence-electron chi connectivity index (χ1n) is 7.92. The van der Waals surface area contributed by atoms with Gasteiger partial charge < -0.3 is 15.8 Å². The van der Waals surface area contributed by atoms with Crippen molar-refractivity contribution in [2.75, 3.05) is 26.7 Å². The van der Waals surface area contributed by atoms with Crippen molar-refractivity contribution in [2.45, 2.75) is 39.3 Å². The van der Waals surface area contributed by atoms with E-state index in [0.717, 1.165) is 24.4 Å². The first-order valence-corrected chi connectivity index (χ1v) is 7.92. The highest BCUT2D eigenvalue weighted by Gasteiger charge is 2.19. The number of benzene rings is 1. The lowest BCUT2D eigenvalue weighted by atomic mass is 10.0. The van der Waals surface area contributed by atoms with E-state index in [2.05, 4.69) is 30.1 Å². The van der Waals surface area contributed by atoms with Gasteiger partial charge in [-0.15, -0.1) is 24.8 Å². The number of ether oxygens (including phenoxy) is 1. The van der Waals surface area contributed by atoms with E-state index in [1.54, 1.807) is 7.11 Å². The molecule has 7 heteroatoms. The van der Waals surface area contributed by atoms with Crippen molar-refractivity contribution in [1.29, 1.82) is 0 Å². The normalized spacial score (nSPS) is 12.6. The Morgan fingerprint density at radius 3 is 2.42 bits per heavy atom. The van der Waals surface area contributed by atoms with Gasteiger partial charge in [0, 0.05) is 19.0 Å². The number of likely N-dealkylation sites (N-methyl/N-ethyl adjacent to an activating group) is 1. The summed E-state index contributed by atoms with van der Waals surface area (Å²) in [7, 11) is 1.66. The van der Waals surface area contributed by atoms with E-state index < -0.39 is 0 Å². The standard InChI is InChI=1S/C17H29N3O2.2ClH/c1-5-20(6-2)16(12-19-17(21)10-13(3)18)14-8-7-9-15(11-14)22-4;;/h7-9,11,13,16H,5-6,10,12,18H2,1-4H3,(H,19,21);2*1H. The molecule has 0 spiro atoms. The van der Waals surface area contributed by atoms with Crippen molar-refractivity contribution in [1.82, 2.24) is 10.2 Å². The van der Waals surface area contributed by atoms with Crippen LogP contribution in [-0.2, 0) is 4.79 Å². The third-order valence-corrected chi connectivity index (χ3v) is 3.73. The zero-order valence-electron chi connectivity index (χ0n) is 15.0. The van der Waals surface area contributed by atoms with Crippen molar-refractivity contribution < 1.29 is 9.53 Å². The molecule has 5 nitrogen and oxygen atoms in total. The van der Waals surface area contributed by atoms with Gasteiger partial charge in [-0.2, -0.15) is 0 Å². The van der Waals surface area contributed by atoms with E-state index >= 15 is 0 Å². The maximum absolute atomic E-state index is 11.9. The van der Waals surface area contributed by atoms with Gasteiger partial charge >= 0.3 is 0 Å². The molecular formula is C17H31Cl2N3O2. The summed E-state index contributed by atoms with van der Waals surface area (Å²) >= 11 is 0. The van der Waals surface area contributed by atoms with Crippen LogP contribution in [0.25, 0.3) is 0 Å². The number of carbonyl (C=O) groups is 1. The number of nitrogens with zero attached hydrogens (tertiary/aromatic N) is 1. The number of amides is 1. The summed E-state index contributed by atoms with van der Waals surface area (Å²) in [6.07, 6.45) is 0.350. The predicted octanol–water partition coefficient (Wildman–Crippen LogP) is 2.78. The Balaban J connectivity index is 0. The molecule has 1 aromatic rings. The lowest BCUT2D eigenvalue weighted by Crippen LogP contribution is -2.39. The SMILES string of the molecule is CCN(CC)C(CNC(=O)CC(C)N)c1cccc(OC)c1.Cl.Cl. The highest BCUT2D eigenvalue weighted by atomic mass is 35.5.